The molecule has 0 aromatic heterocycles. The van der Waals surface area contributed by atoms with Gasteiger partial charge < -0.3 is 10.2 Å². The second-order valence-electron chi connectivity index (χ2n) is 5.91. The van der Waals surface area contributed by atoms with Crippen LogP contribution in [-0.4, -0.2) is 37.5 Å². The summed E-state index contributed by atoms with van der Waals surface area (Å²) in [4.78, 5) is 13.6. The molecule has 0 aromatic carbocycles. The Kier molecular flexibility index (Phi) is 17.5. The Hall–Kier alpha value is -0.350. The fraction of sp³-hybridized carbons (Fsp3) is 0.824. The van der Waals surface area contributed by atoms with Crippen LogP contribution in [0.4, 0.5) is 0 Å². The van der Waals surface area contributed by atoms with E-state index in [0.29, 0.717) is 6.04 Å². The molecular formula is C17H35BrN2O. The van der Waals surface area contributed by atoms with Gasteiger partial charge >= 0.3 is 0 Å². The molecule has 0 heterocycles. The van der Waals surface area contributed by atoms with Gasteiger partial charge in [0, 0.05) is 6.04 Å². The molecule has 0 saturated carbocycles. The standard InChI is InChI=1S/C17H34N2O.BrH/c1-5-7-8-9-10-11-12-13-16(14-15-19(3)4)18-17(20)6-2;/h6,16H,2,5,7-15H2,1,3-4H3,(H,18,20);1H. The first-order chi connectivity index (χ1) is 9.60. The summed E-state index contributed by atoms with van der Waals surface area (Å²) >= 11 is 0. The summed E-state index contributed by atoms with van der Waals surface area (Å²) in [5.41, 5.74) is 0. The zero-order valence-electron chi connectivity index (χ0n) is 14.2. The van der Waals surface area contributed by atoms with Crippen molar-refractivity contribution >= 4 is 22.9 Å². The molecule has 1 amide bonds. The zero-order valence-corrected chi connectivity index (χ0v) is 15.9. The summed E-state index contributed by atoms with van der Waals surface area (Å²) in [6.07, 6.45) is 12.7. The number of hydrogen-bond donors (Lipinski definition) is 1. The Morgan fingerprint density at radius 3 is 2.19 bits per heavy atom. The van der Waals surface area contributed by atoms with Crippen LogP contribution in [0.3, 0.4) is 0 Å². The van der Waals surface area contributed by atoms with Crippen molar-refractivity contribution < 1.29 is 4.79 Å². The first-order valence-corrected chi connectivity index (χ1v) is 8.17. The number of hydrogen-bond acceptors (Lipinski definition) is 2. The van der Waals surface area contributed by atoms with E-state index in [1.165, 1.54) is 51.0 Å². The topological polar surface area (TPSA) is 32.3 Å². The van der Waals surface area contributed by atoms with Gasteiger partial charge in [0.2, 0.25) is 5.91 Å². The van der Waals surface area contributed by atoms with Crippen molar-refractivity contribution in [3.05, 3.63) is 12.7 Å². The summed E-state index contributed by atoms with van der Waals surface area (Å²) in [6, 6.07) is 0.290. The van der Waals surface area contributed by atoms with E-state index in [4.69, 9.17) is 0 Å². The van der Waals surface area contributed by atoms with Crippen LogP contribution in [0.5, 0.6) is 0 Å². The lowest BCUT2D eigenvalue weighted by Crippen LogP contribution is -2.35. The van der Waals surface area contributed by atoms with E-state index in [9.17, 15) is 4.79 Å². The fourth-order valence-corrected chi connectivity index (χ4v) is 2.31. The molecule has 0 saturated heterocycles. The number of halogens is 1. The number of nitrogens with zero attached hydrogens (tertiary/aromatic N) is 1. The van der Waals surface area contributed by atoms with Crippen molar-refractivity contribution in [3.8, 4) is 0 Å². The van der Waals surface area contributed by atoms with Crippen LogP contribution < -0.4 is 5.32 Å². The van der Waals surface area contributed by atoms with E-state index in [0.717, 1.165) is 19.4 Å². The van der Waals surface area contributed by atoms with Crippen molar-refractivity contribution in [2.24, 2.45) is 0 Å². The Balaban J connectivity index is 0. The molecule has 0 fully saturated rings. The summed E-state index contributed by atoms with van der Waals surface area (Å²) in [7, 11) is 4.14. The predicted octanol–water partition coefficient (Wildman–Crippen LogP) is 4.33. The van der Waals surface area contributed by atoms with Crippen molar-refractivity contribution in [2.45, 2.75) is 70.8 Å². The Bertz CT molecular complexity index is 257. The summed E-state index contributed by atoms with van der Waals surface area (Å²) in [5.74, 6) is -0.0447. The summed E-state index contributed by atoms with van der Waals surface area (Å²) < 4.78 is 0. The highest BCUT2D eigenvalue weighted by Crippen LogP contribution is 2.11. The average molecular weight is 363 g/mol. The monoisotopic (exact) mass is 362 g/mol. The number of nitrogens with one attached hydrogen (secondary N) is 1. The van der Waals surface area contributed by atoms with Crippen molar-refractivity contribution in [2.75, 3.05) is 20.6 Å². The third-order valence-corrected chi connectivity index (χ3v) is 3.61. The fourth-order valence-electron chi connectivity index (χ4n) is 2.31. The maximum Gasteiger partial charge on any atom is 0.243 e. The molecule has 0 aromatic rings. The second kappa shape index (κ2) is 16.0. The summed E-state index contributed by atoms with van der Waals surface area (Å²) in [5, 5.41) is 3.05. The van der Waals surface area contributed by atoms with Gasteiger partial charge in [-0.3, -0.25) is 4.79 Å². The molecule has 0 bridgehead atoms. The minimum atomic E-state index is -0.0447. The average Bonchev–Trinajstić information content (AvgIpc) is 2.43. The Morgan fingerprint density at radius 1 is 1.10 bits per heavy atom. The minimum Gasteiger partial charge on any atom is -0.350 e. The van der Waals surface area contributed by atoms with Crippen LogP contribution in [0, 0.1) is 0 Å². The highest BCUT2D eigenvalue weighted by atomic mass is 79.9. The molecule has 4 heteroatoms. The quantitative estimate of drug-likeness (QED) is 0.390. The van der Waals surface area contributed by atoms with Crippen LogP contribution in [0.2, 0.25) is 0 Å². The summed E-state index contributed by atoms with van der Waals surface area (Å²) in [6.45, 7) is 6.78. The van der Waals surface area contributed by atoms with Gasteiger partial charge in [-0.05, 0) is 39.6 Å². The number of unbranched alkanes of at least 4 members (excludes halogenated alkanes) is 6. The first kappa shape index (κ1) is 22.9. The highest BCUT2D eigenvalue weighted by Gasteiger charge is 2.10. The van der Waals surface area contributed by atoms with E-state index < -0.39 is 0 Å². The van der Waals surface area contributed by atoms with Gasteiger partial charge in [0.05, 0.1) is 0 Å². The molecular weight excluding hydrogens is 328 g/mol. The number of rotatable bonds is 13. The van der Waals surface area contributed by atoms with Crippen LogP contribution in [-0.2, 0) is 4.79 Å². The van der Waals surface area contributed by atoms with E-state index >= 15 is 0 Å². The molecule has 1 N–H and O–H groups in total. The smallest absolute Gasteiger partial charge is 0.243 e. The van der Waals surface area contributed by atoms with Gasteiger partial charge in [-0.2, -0.15) is 0 Å². The van der Waals surface area contributed by atoms with Gasteiger partial charge in [0.15, 0.2) is 0 Å². The van der Waals surface area contributed by atoms with Gasteiger partial charge in [-0.15, -0.1) is 17.0 Å². The molecule has 0 spiro atoms. The zero-order chi connectivity index (χ0) is 15.2. The number of carbonyl (C=O) groups is 1. The van der Waals surface area contributed by atoms with Gasteiger partial charge in [0.1, 0.15) is 0 Å². The van der Waals surface area contributed by atoms with E-state index in [2.05, 4.69) is 37.8 Å². The van der Waals surface area contributed by atoms with Crippen LogP contribution >= 0.6 is 17.0 Å². The largest absolute Gasteiger partial charge is 0.350 e. The first-order valence-electron chi connectivity index (χ1n) is 8.17. The lowest BCUT2D eigenvalue weighted by Gasteiger charge is -2.20. The molecule has 1 atom stereocenters. The van der Waals surface area contributed by atoms with Crippen molar-refractivity contribution in [1.29, 1.82) is 0 Å². The van der Waals surface area contributed by atoms with Gasteiger partial charge in [-0.25, -0.2) is 0 Å². The second-order valence-corrected chi connectivity index (χ2v) is 5.91. The van der Waals surface area contributed by atoms with Crippen molar-refractivity contribution in [3.63, 3.8) is 0 Å². The van der Waals surface area contributed by atoms with E-state index in [1.807, 2.05) is 0 Å². The molecule has 0 aliphatic carbocycles. The molecule has 0 aliphatic heterocycles. The minimum absolute atomic E-state index is 0. The van der Waals surface area contributed by atoms with Gasteiger partial charge in [0.25, 0.3) is 0 Å². The maximum absolute atomic E-state index is 11.4. The van der Waals surface area contributed by atoms with Crippen LogP contribution in [0.1, 0.15) is 64.7 Å². The predicted molar refractivity (Wildman–Crippen MR) is 98.2 cm³/mol. The normalized spacial score (nSPS) is 11.8. The molecule has 126 valence electrons. The Morgan fingerprint density at radius 2 is 1.67 bits per heavy atom. The number of amides is 1. The molecule has 3 nitrogen and oxygen atoms in total. The van der Waals surface area contributed by atoms with E-state index in [-0.39, 0.29) is 22.9 Å². The molecule has 0 radical (unpaired) electrons. The third kappa shape index (κ3) is 15.9. The molecule has 0 aliphatic rings. The van der Waals surface area contributed by atoms with Crippen LogP contribution in [0.25, 0.3) is 0 Å². The van der Waals surface area contributed by atoms with E-state index in [1.54, 1.807) is 0 Å². The lowest BCUT2D eigenvalue weighted by molar-refractivity contribution is -0.117. The molecule has 1 unspecified atom stereocenters. The maximum atomic E-state index is 11.4. The lowest BCUT2D eigenvalue weighted by atomic mass is 10.0. The highest BCUT2D eigenvalue weighted by molar-refractivity contribution is 8.93. The third-order valence-electron chi connectivity index (χ3n) is 3.61. The van der Waals surface area contributed by atoms with Gasteiger partial charge in [-0.1, -0.05) is 58.4 Å². The van der Waals surface area contributed by atoms with Crippen molar-refractivity contribution in [1.82, 2.24) is 10.2 Å². The van der Waals surface area contributed by atoms with Crippen LogP contribution in [0.15, 0.2) is 12.7 Å². The SMILES string of the molecule is Br.C=CC(=O)NC(CCCCCCCCC)CCN(C)C. The number of carbonyl (C=O) groups excluding carboxylic acids is 1. The molecule has 0 rings (SSSR count). The molecule has 21 heavy (non-hydrogen) atoms. The Labute approximate surface area is 142 Å².